The minimum atomic E-state index is 0.0514. The lowest BCUT2D eigenvalue weighted by Crippen LogP contribution is -2.47. The van der Waals surface area contributed by atoms with Crippen molar-refractivity contribution in [3.8, 4) is 0 Å². The van der Waals surface area contributed by atoms with Gasteiger partial charge in [-0.05, 0) is 49.7 Å². The molecular weight excluding hydrogens is 332 g/mol. The van der Waals surface area contributed by atoms with Gasteiger partial charge in [-0.15, -0.1) is 11.3 Å². The first-order chi connectivity index (χ1) is 12.0. The number of carbonyl (C=O) groups is 2. The van der Waals surface area contributed by atoms with Gasteiger partial charge in [0, 0.05) is 29.9 Å². The van der Waals surface area contributed by atoms with E-state index < -0.39 is 0 Å². The summed E-state index contributed by atoms with van der Waals surface area (Å²) in [6.07, 6.45) is 6.45. The van der Waals surface area contributed by atoms with E-state index in [2.05, 4.69) is 18.3 Å². The molecule has 0 spiro atoms. The number of hydrogen-bond donors (Lipinski definition) is 1. The van der Waals surface area contributed by atoms with Gasteiger partial charge in [0.15, 0.2) is 0 Å². The van der Waals surface area contributed by atoms with Gasteiger partial charge < -0.3 is 10.2 Å². The Labute approximate surface area is 155 Å². The lowest BCUT2D eigenvalue weighted by Gasteiger charge is -2.33. The highest BCUT2D eigenvalue weighted by atomic mass is 32.1. The standard InChI is InChI=1S/C20H30N2O2S/c1-4-14-5-6-17-15(11-14)12-18(25-17)19(23)21-16-7-9-22(10-8-16)20(24)13(2)3/h12-14,16H,4-11H2,1-3H3,(H,21,23). The predicted molar refractivity (Wildman–Crippen MR) is 102 cm³/mol. The molecule has 0 saturated carbocycles. The number of amides is 2. The number of likely N-dealkylation sites (tertiary alicyclic amines) is 1. The van der Waals surface area contributed by atoms with Crippen LogP contribution in [0.4, 0.5) is 0 Å². The average Bonchev–Trinajstić information content (AvgIpc) is 3.04. The van der Waals surface area contributed by atoms with Crippen LogP contribution in [0.3, 0.4) is 0 Å². The lowest BCUT2D eigenvalue weighted by molar-refractivity contribution is -0.135. The van der Waals surface area contributed by atoms with Gasteiger partial charge >= 0.3 is 0 Å². The first-order valence-electron chi connectivity index (χ1n) is 9.69. The Morgan fingerprint density at radius 2 is 2.00 bits per heavy atom. The van der Waals surface area contributed by atoms with Gasteiger partial charge in [0.05, 0.1) is 4.88 Å². The molecule has 1 saturated heterocycles. The van der Waals surface area contributed by atoms with Crippen LogP contribution < -0.4 is 5.32 Å². The first kappa shape index (κ1) is 18.4. The average molecular weight is 363 g/mol. The van der Waals surface area contributed by atoms with E-state index in [4.69, 9.17) is 0 Å². The SMILES string of the molecule is CCC1CCc2sc(C(=O)NC3CCN(C(=O)C(C)C)CC3)cc2C1. The second-order valence-electron chi connectivity index (χ2n) is 7.80. The van der Waals surface area contributed by atoms with Gasteiger partial charge in [-0.1, -0.05) is 27.2 Å². The summed E-state index contributed by atoms with van der Waals surface area (Å²) in [7, 11) is 0. The molecule has 1 aromatic heterocycles. The molecule has 3 rings (SSSR count). The van der Waals surface area contributed by atoms with Crippen LogP contribution in [-0.2, 0) is 17.6 Å². The van der Waals surface area contributed by atoms with Crippen LogP contribution in [0, 0.1) is 11.8 Å². The van der Waals surface area contributed by atoms with Crippen LogP contribution in [0.1, 0.15) is 66.6 Å². The Kier molecular flexibility index (Phi) is 5.82. The zero-order valence-electron chi connectivity index (χ0n) is 15.6. The summed E-state index contributed by atoms with van der Waals surface area (Å²) >= 11 is 1.68. The number of nitrogens with zero attached hydrogens (tertiary/aromatic N) is 1. The van der Waals surface area contributed by atoms with E-state index in [0.29, 0.717) is 0 Å². The Hall–Kier alpha value is -1.36. The molecule has 4 nitrogen and oxygen atoms in total. The molecule has 1 unspecified atom stereocenters. The summed E-state index contributed by atoms with van der Waals surface area (Å²) in [4.78, 5) is 28.9. The highest BCUT2D eigenvalue weighted by Gasteiger charge is 2.27. The lowest BCUT2D eigenvalue weighted by atomic mass is 9.87. The van der Waals surface area contributed by atoms with E-state index in [-0.39, 0.29) is 23.8 Å². The molecule has 2 amide bonds. The van der Waals surface area contributed by atoms with E-state index in [1.54, 1.807) is 11.3 Å². The molecule has 1 fully saturated rings. The summed E-state index contributed by atoms with van der Waals surface area (Å²) in [5, 5.41) is 3.19. The van der Waals surface area contributed by atoms with Crippen LogP contribution in [0.25, 0.3) is 0 Å². The fraction of sp³-hybridized carbons (Fsp3) is 0.700. The summed E-state index contributed by atoms with van der Waals surface area (Å²) in [6.45, 7) is 7.64. The van der Waals surface area contributed by atoms with Crippen molar-refractivity contribution in [2.45, 2.75) is 65.3 Å². The molecular formula is C20H30N2O2S. The molecule has 0 radical (unpaired) electrons. The Morgan fingerprint density at radius 1 is 1.28 bits per heavy atom. The van der Waals surface area contributed by atoms with Crippen molar-refractivity contribution in [1.82, 2.24) is 10.2 Å². The molecule has 5 heteroatoms. The minimum Gasteiger partial charge on any atom is -0.348 e. The molecule has 25 heavy (non-hydrogen) atoms. The predicted octanol–water partition coefficient (Wildman–Crippen LogP) is 3.64. The second-order valence-corrected chi connectivity index (χ2v) is 8.94. The van der Waals surface area contributed by atoms with Crippen molar-refractivity contribution in [3.05, 3.63) is 21.4 Å². The molecule has 2 heterocycles. The van der Waals surface area contributed by atoms with Crippen molar-refractivity contribution in [3.63, 3.8) is 0 Å². The van der Waals surface area contributed by atoms with Crippen LogP contribution in [0.15, 0.2) is 6.07 Å². The topological polar surface area (TPSA) is 49.4 Å². The summed E-state index contributed by atoms with van der Waals surface area (Å²) in [5.41, 5.74) is 1.39. The van der Waals surface area contributed by atoms with Crippen molar-refractivity contribution >= 4 is 23.2 Å². The smallest absolute Gasteiger partial charge is 0.261 e. The number of carbonyl (C=O) groups excluding carboxylic acids is 2. The normalized spacial score (nSPS) is 21.3. The minimum absolute atomic E-state index is 0.0514. The van der Waals surface area contributed by atoms with Crippen LogP contribution >= 0.6 is 11.3 Å². The first-order valence-corrected chi connectivity index (χ1v) is 10.5. The molecule has 0 bridgehead atoms. The molecule has 1 atom stereocenters. The molecule has 138 valence electrons. The second kappa shape index (κ2) is 7.90. The van der Waals surface area contributed by atoms with Crippen molar-refractivity contribution in [2.24, 2.45) is 11.8 Å². The van der Waals surface area contributed by atoms with E-state index in [0.717, 1.165) is 49.6 Å². The van der Waals surface area contributed by atoms with Gasteiger partial charge in [-0.25, -0.2) is 0 Å². The van der Waals surface area contributed by atoms with Gasteiger partial charge in [0.25, 0.3) is 5.91 Å². The summed E-state index contributed by atoms with van der Waals surface area (Å²) < 4.78 is 0. The third kappa shape index (κ3) is 4.25. The van der Waals surface area contributed by atoms with E-state index in [1.165, 1.54) is 23.3 Å². The zero-order valence-corrected chi connectivity index (χ0v) is 16.5. The van der Waals surface area contributed by atoms with E-state index in [1.807, 2.05) is 18.7 Å². The van der Waals surface area contributed by atoms with Gasteiger partial charge in [0.1, 0.15) is 0 Å². The maximum absolute atomic E-state index is 12.6. The number of hydrogen-bond acceptors (Lipinski definition) is 3. The third-order valence-corrected chi connectivity index (χ3v) is 6.86. The molecule has 0 aromatic carbocycles. The van der Waals surface area contributed by atoms with E-state index >= 15 is 0 Å². The fourth-order valence-corrected chi connectivity index (χ4v) is 5.04. The maximum Gasteiger partial charge on any atom is 0.261 e. The molecule has 1 N–H and O–H groups in total. The van der Waals surface area contributed by atoms with Gasteiger partial charge in [0.2, 0.25) is 5.91 Å². The Balaban J connectivity index is 1.54. The Morgan fingerprint density at radius 3 is 2.64 bits per heavy atom. The molecule has 1 aliphatic heterocycles. The van der Waals surface area contributed by atoms with Crippen LogP contribution in [0.2, 0.25) is 0 Å². The number of thiophene rings is 1. The number of nitrogens with one attached hydrogen (secondary N) is 1. The number of aryl methyl sites for hydroxylation is 1. The maximum atomic E-state index is 12.6. The van der Waals surface area contributed by atoms with Gasteiger partial charge in [-0.2, -0.15) is 0 Å². The number of piperidine rings is 1. The van der Waals surface area contributed by atoms with Crippen LogP contribution in [-0.4, -0.2) is 35.8 Å². The van der Waals surface area contributed by atoms with E-state index in [9.17, 15) is 9.59 Å². The van der Waals surface area contributed by atoms with Crippen LogP contribution in [0.5, 0.6) is 0 Å². The third-order valence-electron chi connectivity index (χ3n) is 5.62. The quantitative estimate of drug-likeness (QED) is 0.889. The van der Waals surface area contributed by atoms with Crippen molar-refractivity contribution in [1.29, 1.82) is 0 Å². The molecule has 1 aliphatic carbocycles. The monoisotopic (exact) mass is 362 g/mol. The van der Waals surface area contributed by atoms with Gasteiger partial charge in [-0.3, -0.25) is 9.59 Å². The largest absolute Gasteiger partial charge is 0.348 e. The van der Waals surface area contributed by atoms with Crippen molar-refractivity contribution < 1.29 is 9.59 Å². The summed E-state index contributed by atoms with van der Waals surface area (Å²) in [5.74, 6) is 1.12. The highest BCUT2D eigenvalue weighted by molar-refractivity contribution is 7.14. The molecule has 1 aromatic rings. The van der Waals surface area contributed by atoms with Crippen molar-refractivity contribution in [2.75, 3.05) is 13.1 Å². The Bertz CT molecular complexity index is 630. The molecule has 2 aliphatic rings. The highest BCUT2D eigenvalue weighted by Crippen LogP contribution is 2.33. The fourth-order valence-electron chi connectivity index (χ4n) is 3.93. The zero-order chi connectivity index (χ0) is 18.0. The number of fused-ring (bicyclic) bond motifs is 1. The summed E-state index contributed by atoms with van der Waals surface area (Å²) in [6, 6.07) is 2.31. The number of rotatable bonds is 4.